The van der Waals surface area contributed by atoms with Gasteiger partial charge in [0.2, 0.25) is 5.91 Å². The maximum Gasteiger partial charge on any atom is 0.408 e. The summed E-state index contributed by atoms with van der Waals surface area (Å²) in [6.07, 6.45) is -0.841. The van der Waals surface area contributed by atoms with Crippen molar-refractivity contribution in [2.45, 2.75) is 51.9 Å². The molecule has 172 valence electrons. The number of carbonyl (C=O) groups excluding carboxylic acids is 3. The molecule has 7 nitrogen and oxygen atoms in total. The number of carbonyl (C=O) groups is 3. The van der Waals surface area contributed by atoms with E-state index in [2.05, 4.69) is 10.6 Å². The second-order valence-electron chi connectivity index (χ2n) is 8.00. The minimum atomic E-state index is -1.04. The number of amides is 2. The van der Waals surface area contributed by atoms with E-state index in [1.165, 1.54) is 12.1 Å². The Bertz CT molecular complexity index is 945. The zero-order valence-electron chi connectivity index (χ0n) is 18.1. The molecular formula is C23H26Cl2N2O5. The highest BCUT2D eigenvalue weighted by atomic mass is 35.5. The molecular weight excluding hydrogens is 455 g/mol. The molecule has 0 heterocycles. The van der Waals surface area contributed by atoms with Crippen molar-refractivity contribution in [2.24, 2.45) is 0 Å². The van der Waals surface area contributed by atoms with E-state index < -0.39 is 29.6 Å². The van der Waals surface area contributed by atoms with Gasteiger partial charge in [-0.3, -0.25) is 9.59 Å². The Morgan fingerprint density at radius 3 is 2.31 bits per heavy atom. The van der Waals surface area contributed by atoms with E-state index in [0.717, 1.165) is 5.56 Å². The molecule has 0 radical (unpaired) electrons. The third-order valence-electron chi connectivity index (χ3n) is 4.07. The van der Waals surface area contributed by atoms with Crippen LogP contribution in [0.1, 0.15) is 39.2 Å². The monoisotopic (exact) mass is 480 g/mol. The fraction of sp³-hybridized carbons (Fsp3) is 0.348. The number of anilines is 1. The van der Waals surface area contributed by atoms with Gasteiger partial charge in [0.25, 0.3) is 0 Å². The lowest BCUT2D eigenvalue weighted by atomic mass is 10.1. The molecule has 0 fully saturated rings. The maximum atomic E-state index is 12.8. The Morgan fingerprint density at radius 1 is 1.00 bits per heavy atom. The molecule has 2 aromatic carbocycles. The molecule has 0 aliphatic carbocycles. The van der Waals surface area contributed by atoms with E-state index in [4.69, 9.17) is 32.7 Å². The molecule has 0 saturated heterocycles. The SMILES string of the molecule is CC(C)(C)OC(=O)NC(CCC(=O)OCc1ccccc1)C(=O)Nc1ccc(Cl)c(Cl)c1. The lowest BCUT2D eigenvalue weighted by Crippen LogP contribution is -2.46. The highest BCUT2D eigenvalue weighted by Crippen LogP contribution is 2.25. The number of halogens is 2. The van der Waals surface area contributed by atoms with Gasteiger partial charge in [-0.1, -0.05) is 53.5 Å². The summed E-state index contributed by atoms with van der Waals surface area (Å²) in [6.45, 7) is 5.24. The molecule has 32 heavy (non-hydrogen) atoms. The van der Waals surface area contributed by atoms with E-state index in [9.17, 15) is 14.4 Å². The molecule has 2 rings (SSSR count). The van der Waals surface area contributed by atoms with Gasteiger partial charge in [0.15, 0.2) is 0 Å². The summed E-state index contributed by atoms with van der Waals surface area (Å²) in [5, 5.41) is 5.78. The van der Waals surface area contributed by atoms with Crippen molar-refractivity contribution < 1.29 is 23.9 Å². The second kappa shape index (κ2) is 11.7. The molecule has 0 bridgehead atoms. The van der Waals surface area contributed by atoms with E-state index in [1.54, 1.807) is 26.8 Å². The van der Waals surface area contributed by atoms with Crippen molar-refractivity contribution in [1.82, 2.24) is 5.32 Å². The lowest BCUT2D eigenvalue weighted by Gasteiger charge is -2.23. The molecule has 2 N–H and O–H groups in total. The van der Waals surface area contributed by atoms with Crippen LogP contribution in [0.3, 0.4) is 0 Å². The zero-order valence-corrected chi connectivity index (χ0v) is 19.6. The fourth-order valence-electron chi connectivity index (χ4n) is 2.59. The Morgan fingerprint density at radius 2 is 1.69 bits per heavy atom. The van der Waals surface area contributed by atoms with Crippen molar-refractivity contribution in [1.29, 1.82) is 0 Å². The highest BCUT2D eigenvalue weighted by Gasteiger charge is 2.25. The Hall–Kier alpha value is -2.77. The van der Waals surface area contributed by atoms with Crippen LogP contribution in [0, 0.1) is 0 Å². The standard InChI is InChI=1S/C23H26Cl2N2O5/c1-23(2,3)32-22(30)27-19(21(29)26-16-9-10-17(24)18(25)13-16)11-12-20(28)31-14-15-7-5-4-6-8-15/h4-10,13,19H,11-12,14H2,1-3H3,(H,26,29)(H,27,30). The van der Waals surface area contributed by atoms with Crippen LogP contribution >= 0.6 is 23.2 Å². The Balaban J connectivity index is 2.00. The number of nitrogens with one attached hydrogen (secondary N) is 2. The van der Waals surface area contributed by atoms with Crippen LogP contribution in [0.25, 0.3) is 0 Å². The van der Waals surface area contributed by atoms with E-state index in [1.807, 2.05) is 30.3 Å². The van der Waals surface area contributed by atoms with Crippen LogP contribution in [-0.4, -0.2) is 29.6 Å². The fourth-order valence-corrected chi connectivity index (χ4v) is 2.89. The predicted octanol–water partition coefficient (Wildman–Crippen LogP) is 5.35. The van der Waals surface area contributed by atoms with Gasteiger partial charge in [-0.25, -0.2) is 4.79 Å². The Kier molecular flexibility index (Phi) is 9.35. The smallest absolute Gasteiger partial charge is 0.408 e. The topological polar surface area (TPSA) is 93.7 Å². The van der Waals surface area contributed by atoms with Crippen LogP contribution in [-0.2, 0) is 25.7 Å². The normalized spacial score (nSPS) is 11.9. The van der Waals surface area contributed by atoms with Gasteiger partial charge in [0, 0.05) is 12.1 Å². The third-order valence-corrected chi connectivity index (χ3v) is 4.81. The van der Waals surface area contributed by atoms with Crippen LogP contribution < -0.4 is 10.6 Å². The first-order valence-corrected chi connectivity index (χ1v) is 10.7. The average molecular weight is 481 g/mol. The summed E-state index contributed by atoms with van der Waals surface area (Å²) in [6, 6.07) is 12.8. The van der Waals surface area contributed by atoms with E-state index in [0.29, 0.717) is 10.7 Å². The molecule has 1 unspecified atom stereocenters. The number of ether oxygens (including phenoxy) is 2. The van der Waals surface area contributed by atoms with Crippen molar-refractivity contribution in [3.63, 3.8) is 0 Å². The van der Waals surface area contributed by atoms with Gasteiger partial charge >= 0.3 is 12.1 Å². The van der Waals surface area contributed by atoms with Crippen molar-refractivity contribution in [2.75, 3.05) is 5.32 Å². The van der Waals surface area contributed by atoms with E-state index in [-0.39, 0.29) is 24.5 Å². The maximum absolute atomic E-state index is 12.8. The van der Waals surface area contributed by atoms with E-state index >= 15 is 0 Å². The molecule has 0 aliphatic heterocycles. The van der Waals surface area contributed by atoms with Crippen LogP contribution in [0.15, 0.2) is 48.5 Å². The molecule has 0 saturated carbocycles. The summed E-state index contributed by atoms with van der Waals surface area (Å²) in [4.78, 5) is 37.2. The first kappa shape index (κ1) is 25.5. The summed E-state index contributed by atoms with van der Waals surface area (Å²) in [5.74, 6) is -1.03. The van der Waals surface area contributed by atoms with Crippen molar-refractivity contribution >= 4 is 46.9 Å². The quantitative estimate of drug-likeness (QED) is 0.496. The highest BCUT2D eigenvalue weighted by molar-refractivity contribution is 6.42. The van der Waals surface area contributed by atoms with Gasteiger partial charge in [-0.15, -0.1) is 0 Å². The molecule has 0 aliphatic rings. The minimum Gasteiger partial charge on any atom is -0.461 e. The number of hydrogen-bond acceptors (Lipinski definition) is 5. The van der Waals surface area contributed by atoms with Gasteiger partial charge in [-0.05, 0) is 51.0 Å². The predicted molar refractivity (Wildman–Crippen MR) is 124 cm³/mol. The summed E-state index contributed by atoms with van der Waals surface area (Å²) >= 11 is 11.9. The van der Waals surface area contributed by atoms with Crippen molar-refractivity contribution in [3.05, 3.63) is 64.1 Å². The van der Waals surface area contributed by atoms with Gasteiger partial charge in [-0.2, -0.15) is 0 Å². The summed E-state index contributed by atoms with van der Waals surface area (Å²) in [5.41, 5.74) is 0.498. The summed E-state index contributed by atoms with van der Waals surface area (Å²) in [7, 11) is 0. The van der Waals surface area contributed by atoms with Gasteiger partial charge < -0.3 is 20.1 Å². The molecule has 2 amide bonds. The molecule has 0 spiro atoms. The number of rotatable bonds is 8. The number of benzene rings is 2. The van der Waals surface area contributed by atoms with Crippen LogP contribution in [0.4, 0.5) is 10.5 Å². The van der Waals surface area contributed by atoms with Crippen LogP contribution in [0.2, 0.25) is 10.0 Å². The minimum absolute atomic E-state index is 0.0139. The largest absolute Gasteiger partial charge is 0.461 e. The first-order valence-electron chi connectivity index (χ1n) is 9.98. The van der Waals surface area contributed by atoms with Gasteiger partial charge in [0.1, 0.15) is 18.2 Å². The van der Waals surface area contributed by atoms with Crippen LogP contribution in [0.5, 0.6) is 0 Å². The molecule has 0 aromatic heterocycles. The first-order chi connectivity index (χ1) is 15.0. The van der Waals surface area contributed by atoms with Crippen molar-refractivity contribution in [3.8, 4) is 0 Å². The van der Waals surface area contributed by atoms with Gasteiger partial charge in [0.05, 0.1) is 10.0 Å². The number of esters is 1. The molecule has 2 aromatic rings. The third kappa shape index (κ3) is 9.16. The molecule has 9 heteroatoms. The average Bonchev–Trinajstić information content (AvgIpc) is 2.71. The number of hydrogen-bond donors (Lipinski definition) is 2. The summed E-state index contributed by atoms with van der Waals surface area (Å²) < 4.78 is 10.5. The molecule has 1 atom stereocenters. The zero-order chi connectivity index (χ0) is 23.7. The number of alkyl carbamates (subject to hydrolysis) is 1. The lowest BCUT2D eigenvalue weighted by molar-refractivity contribution is -0.145. The Labute approximate surface area is 197 Å². The second-order valence-corrected chi connectivity index (χ2v) is 8.82.